The van der Waals surface area contributed by atoms with Crippen LogP contribution in [0.25, 0.3) is 0 Å². The number of benzene rings is 1. The lowest BCUT2D eigenvalue weighted by molar-refractivity contribution is -0.384. The average molecular weight is 404 g/mol. The first kappa shape index (κ1) is 21.2. The summed E-state index contributed by atoms with van der Waals surface area (Å²) in [6.45, 7) is 2.15. The third-order valence-corrected chi connectivity index (χ3v) is 5.71. The molecule has 2 fully saturated rings. The van der Waals surface area contributed by atoms with Crippen molar-refractivity contribution in [2.24, 2.45) is 11.8 Å². The zero-order valence-electron chi connectivity index (χ0n) is 16.6. The van der Waals surface area contributed by atoms with E-state index in [1.807, 2.05) is 0 Å². The maximum absolute atomic E-state index is 13.1. The van der Waals surface area contributed by atoms with Crippen molar-refractivity contribution < 1.29 is 24.0 Å². The Morgan fingerprint density at radius 3 is 2.41 bits per heavy atom. The summed E-state index contributed by atoms with van der Waals surface area (Å²) in [6, 6.07) is 5.38. The van der Waals surface area contributed by atoms with Gasteiger partial charge in [-0.25, -0.2) is 0 Å². The molecule has 8 heteroatoms. The molecule has 1 aromatic carbocycles. The monoisotopic (exact) mass is 404 g/mol. The highest BCUT2D eigenvalue weighted by molar-refractivity contribution is 5.84. The number of nitro benzene ring substituents is 1. The van der Waals surface area contributed by atoms with Crippen LogP contribution in [-0.4, -0.2) is 48.0 Å². The summed E-state index contributed by atoms with van der Waals surface area (Å²) in [5.74, 6) is -0.177. The van der Waals surface area contributed by atoms with Crippen LogP contribution in [-0.2, 0) is 14.3 Å². The molecule has 0 N–H and O–H groups in total. The van der Waals surface area contributed by atoms with E-state index in [0.717, 1.165) is 12.8 Å². The minimum Gasteiger partial charge on any atom is -0.427 e. The highest BCUT2D eigenvalue weighted by Gasteiger charge is 2.31. The van der Waals surface area contributed by atoms with Gasteiger partial charge in [0.2, 0.25) is 5.91 Å². The van der Waals surface area contributed by atoms with Gasteiger partial charge in [-0.15, -0.1) is 0 Å². The third-order valence-electron chi connectivity index (χ3n) is 5.71. The summed E-state index contributed by atoms with van der Waals surface area (Å²) < 4.78 is 10.7. The first-order valence-corrected chi connectivity index (χ1v) is 10.3. The number of carbonyl (C=O) groups is 2. The molecule has 0 radical (unpaired) electrons. The van der Waals surface area contributed by atoms with E-state index in [1.165, 1.54) is 43.5 Å². The van der Waals surface area contributed by atoms with Crippen molar-refractivity contribution in [3.63, 3.8) is 0 Å². The molecule has 0 bridgehead atoms. The Labute approximate surface area is 170 Å². The topological polar surface area (TPSA) is 99.0 Å². The van der Waals surface area contributed by atoms with E-state index in [1.54, 1.807) is 4.90 Å². The predicted octanol–water partition coefficient (Wildman–Crippen LogP) is 3.34. The second-order valence-corrected chi connectivity index (χ2v) is 7.80. The van der Waals surface area contributed by atoms with Crippen molar-refractivity contribution >= 4 is 17.6 Å². The second-order valence-electron chi connectivity index (χ2n) is 7.80. The molecule has 2 aliphatic rings. The fourth-order valence-corrected chi connectivity index (χ4v) is 4.15. The standard InChI is InChI=1S/C21H28N2O6/c24-20(29-19-8-6-18(7-9-19)23(26)27)15-17(14-16-4-2-1-3-5-16)21(25)22-10-12-28-13-11-22/h6-9,16-17H,1-5,10-15H2/t17-/m0/s1. The van der Waals surface area contributed by atoms with Crippen LogP contribution in [0.2, 0.25) is 0 Å². The van der Waals surface area contributed by atoms with Gasteiger partial charge >= 0.3 is 5.97 Å². The van der Waals surface area contributed by atoms with Crippen LogP contribution < -0.4 is 4.74 Å². The number of hydrogen-bond donors (Lipinski definition) is 0. The first-order valence-electron chi connectivity index (χ1n) is 10.3. The molecule has 0 spiro atoms. The Balaban J connectivity index is 1.63. The van der Waals surface area contributed by atoms with Crippen LogP contribution in [0, 0.1) is 22.0 Å². The molecule has 3 rings (SSSR count). The van der Waals surface area contributed by atoms with Crippen LogP contribution in [0.15, 0.2) is 24.3 Å². The SMILES string of the molecule is O=C(C[C@H](CC1CCCCC1)C(=O)N1CCOCC1)Oc1ccc([N+](=O)[O-])cc1. The smallest absolute Gasteiger partial charge is 0.311 e. The van der Waals surface area contributed by atoms with E-state index < -0.39 is 16.8 Å². The van der Waals surface area contributed by atoms with Crippen molar-refractivity contribution in [2.75, 3.05) is 26.3 Å². The molecular weight excluding hydrogens is 376 g/mol. The molecule has 1 heterocycles. The van der Waals surface area contributed by atoms with Crippen LogP contribution in [0.3, 0.4) is 0 Å². The maximum Gasteiger partial charge on any atom is 0.311 e. The minimum absolute atomic E-state index is 0.000442. The van der Waals surface area contributed by atoms with E-state index in [4.69, 9.17) is 9.47 Å². The Morgan fingerprint density at radius 2 is 1.79 bits per heavy atom. The van der Waals surface area contributed by atoms with Crippen molar-refractivity contribution in [1.82, 2.24) is 4.90 Å². The predicted molar refractivity (Wildman–Crippen MR) is 105 cm³/mol. The van der Waals surface area contributed by atoms with Gasteiger partial charge in [0.05, 0.1) is 24.6 Å². The summed E-state index contributed by atoms with van der Waals surface area (Å²) in [5, 5.41) is 10.7. The molecule has 1 aliphatic heterocycles. The molecule has 1 saturated heterocycles. The molecule has 8 nitrogen and oxygen atoms in total. The maximum atomic E-state index is 13.1. The molecule has 1 aliphatic carbocycles. The lowest BCUT2D eigenvalue weighted by atomic mass is 9.81. The van der Waals surface area contributed by atoms with Gasteiger partial charge in [-0.3, -0.25) is 19.7 Å². The van der Waals surface area contributed by atoms with Gasteiger partial charge in [0.15, 0.2) is 0 Å². The highest BCUT2D eigenvalue weighted by atomic mass is 16.6. The van der Waals surface area contributed by atoms with Crippen molar-refractivity contribution in [2.45, 2.75) is 44.9 Å². The number of hydrogen-bond acceptors (Lipinski definition) is 6. The van der Waals surface area contributed by atoms with E-state index in [9.17, 15) is 19.7 Å². The molecule has 1 saturated carbocycles. The summed E-state index contributed by atoms with van der Waals surface area (Å²) in [7, 11) is 0. The normalized spacial score (nSPS) is 18.8. The van der Waals surface area contributed by atoms with Gasteiger partial charge < -0.3 is 14.4 Å². The molecule has 0 aromatic heterocycles. The second kappa shape index (κ2) is 10.3. The fraction of sp³-hybridized carbons (Fsp3) is 0.619. The summed E-state index contributed by atoms with van der Waals surface area (Å²) in [5.41, 5.74) is -0.0672. The van der Waals surface area contributed by atoms with Gasteiger partial charge in [-0.05, 0) is 24.5 Å². The lowest BCUT2D eigenvalue weighted by Gasteiger charge is -2.32. The first-order chi connectivity index (χ1) is 14.0. The summed E-state index contributed by atoms with van der Waals surface area (Å²) in [6.07, 6.45) is 6.51. The Morgan fingerprint density at radius 1 is 1.14 bits per heavy atom. The van der Waals surface area contributed by atoms with Crippen LogP contribution in [0.1, 0.15) is 44.9 Å². The van der Waals surface area contributed by atoms with Gasteiger partial charge in [0, 0.05) is 31.1 Å². The summed E-state index contributed by atoms with van der Waals surface area (Å²) in [4.78, 5) is 37.6. The Bertz CT molecular complexity index is 708. The van der Waals surface area contributed by atoms with Crippen molar-refractivity contribution in [3.8, 4) is 5.75 Å². The number of ether oxygens (including phenoxy) is 2. The van der Waals surface area contributed by atoms with E-state index in [2.05, 4.69) is 0 Å². The summed E-state index contributed by atoms with van der Waals surface area (Å²) >= 11 is 0. The number of amides is 1. The molecule has 158 valence electrons. The fourth-order valence-electron chi connectivity index (χ4n) is 4.15. The molecule has 1 aromatic rings. The minimum atomic E-state index is -0.507. The number of morpholine rings is 1. The number of non-ortho nitro benzene ring substituents is 1. The van der Waals surface area contributed by atoms with Crippen LogP contribution >= 0.6 is 0 Å². The lowest BCUT2D eigenvalue weighted by Crippen LogP contribution is -2.44. The number of nitrogens with zero attached hydrogens (tertiary/aromatic N) is 2. The molecular formula is C21H28N2O6. The van der Waals surface area contributed by atoms with E-state index in [0.29, 0.717) is 38.6 Å². The van der Waals surface area contributed by atoms with Gasteiger partial charge in [0.1, 0.15) is 5.75 Å². The van der Waals surface area contributed by atoms with Gasteiger partial charge in [-0.1, -0.05) is 32.1 Å². The van der Waals surface area contributed by atoms with Crippen molar-refractivity contribution in [3.05, 3.63) is 34.4 Å². The quantitative estimate of drug-likeness (QED) is 0.299. The Hall–Kier alpha value is -2.48. The zero-order chi connectivity index (χ0) is 20.6. The molecule has 1 amide bonds. The third kappa shape index (κ3) is 6.25. The zero-order valence-corrected chi connectivity index (χ0v) is 16.6. The number of carbonyl (C=O) groups excluding carboxylic acids is 2. The van der Waals surface area contributed by atoms with Crippen molar-refractivity contribution in [1.29, 1.82) is 0 Å². The van der Waals surface area contributed by atoms with Gasteiger partial charge in [-0.2, -0.15) is 0 Å². The number of rotatable bonds is 7. The highest BCUT2D eigenvalue weighted by Crippen LogP contribution is 2.31. The van der Waals surface area contributed by atoms with Crippen LogP contribution in [0.4, 0.5) is 5.69 Å². The molecule has 29 heavy (non-hydrogen) atoms. The number of esters is 1. The van der Waals surface area contributed by atoms with Crippen LogP contribution in [0.5, 0.6) is 5.75 Å². The number of nitro groups is 1. The van der Waals surface area contributed by atoms with E-state index in [-0.39, 0.29) is 23.8 Å². The molecule has 0 unspecified atom stereocenters. The molecule has 1 atom stereocenters. The van der Waals surface area contributed by atoms with E-state index >= 15 is 0 Å². The average Bonchev–Trinajstić information content (AvgIpc) is 2.74. The largest absolute Gasteiger partial charge is 0.427 e. The Kier molecular flexibility index (Phi) is 7.57. The van der Waals surface area contributed by atoms with Gasteiger partial charge in [0.25, 0.3) is 5.69 Å².